The topological polar surface area (TPSA) is 127 Å². The van der Waals surface area contributed by atoms with Gasteiger partial charge in [0.25, 0.3) is 5.91 Å². The molecule has 3 aromatic rings. The van der Waals surface area contributed by atoms with Crippen LogP contribution in [-0.4, -0.2) is 44.3 Å². The first-order chi connectivity index (χ1) is 20.0. The second-order valence-corrected chi connectivity index (χ2v) is 9.54. The van der Waals surface area contributed by atoms with Crippen molar-refractivity contribution in [3.05, 3.63) is 80.9 Å². The van der Waals surface area contributed by atoms with Crippen LogP contribution in [0.3, 0.4) is 0 Å². The summed E-state index contributed by atoms with van der Waals surface area (Å²) >= 11 is 1.93. The van der Waals surface area contributed by atoms with Crippen molar-refractivity contribution in [3.63, 3.8) is 0 Å². The fraction of sp³-hybridized carbons (Fsp3) is 0.214. The van der Waals surface area contributed by atoms with E-state index in [1.807, 2.05) is 22.6 Å². The molecule has 0 unspecified atom stereocenters. The van der Waals surface area contributed by atoms with E-state index in [1.165, 1.54) is 31.5 Å². The van der Waals surface area contributed by atoms with Crippen molar-refractivity contribution in [2.24, 2.45) is 5.10 Å². The van der Waals surface area contributed by atoms with Crippen molar-refractivity contribution in [1.29, 1.82) is 0 Å². The molecule has 3 rings (SSSR count). The van der Waals surface area contributed by atoms with Crippen LogP contribution in [0, 0.1) is 3.57 Å². The van der Waals surface area contributed by atoms with E-state index in [2.05, 4.69) is 21.2 Å². The maximum atomic E-state index is 13.2. The molecule has 0 radical (unpaired) electrons. The van der Waals surface area contributed by atoms with Gasteiger partial charge in [0.1, 0.15) is 5.75 Å². The van der Waals surface area contributed by atoms with Gasteiger partial charge in [-0.15, -0.1) is 0 Å². The number of hydrazone groups is 1. The maximum Gasteiger partial charge on any atom is 0.418 e. The van der Waals surface area contributed by atoms with Gasteiger partial charge in [0.2, 0.25) is 0 Å². The quantitative estimate of drug-likeness (QED) is 0.117. The Morgan fingerprint density at radius 2 is 1.71 bits per heavy atom. The highest BCUT2D eigenvalue weighted by atomic mass is 127. The number of hydrogen-bond acceptors (Lipinski definition) is 7. The van der Waals surface area contributed by atoms with Crippen LogP contribution in [0.2, 0.25) is 0 Å². The predicted octanol–water partition coefficient (Wildman–Crippen LogP) is 4.50. The molecule has 0 bridgehead atoms. The molecular weight excluding hydrogens is 672 g/mol. The van der Waals surface area contributed by atoms with Crippen LogP contribution in [-0.2, 0) is 27.1 Å². The lowest BCUT2D eigenvalue weighted by Crippen LogP contribution is -2.37. The number of nitrogens with zero attached hydrogens (tertiary/aromatic N) is 1. The molecule has 42 heavy (non-hydrogen) atoms. The van der Waals surface area contributed by atoms with E-state index in [4.69, 9.17) is 14.2 Å². The third-order valence-electron chi connectivity index (χ3n) is 5.38. The van der Waals surface area contributed by atoms with Crippen molar-refractivity contribution >= 4 is 52.2 Å². The molecule has 0 aliphatic rings. The molecule has 0 spiro atoms. The Kier molecular flexibility index (Phi) is 11.5. The number of anilines is 1. The summed E-state index contributed by atoms with van der Waals surface area (Å²) in [6, 6.07) is 14.7. The molecule has 0 saturated carbocycles. The smallest absolute Gasteiger partial charge is 0.418 e. The SMILES string of the molecule is CCOc1cc(/C=N\NC(=O)C(=O)NCc2ccc(OC)cc2)cc(I)c1OCC(=O)Nc1ccccc1C(F)(F)F. The summed E-state index contributed by atoms with van der Waals surface area (Å²) in [5, 5.41) is 8.50. The normalized spacial score (nSPS) is 11.1. The molecule has 10 nitrogen and oxygen atoms in total. The largest absolute Gasteiger partial charge is 0.497 e. The van der Waals surface area contributed by atoms with Gasteiger partial charge in [-0.05, 0) is 77.0 Å². The van der Waals surface area contributed by atoms with Gasteiger partial charge in [-0.2, -0.15) is 18.3 Å². The van der Waals surface area contributed by atoms with Crippen molar-refractivity contribution in [1.82, 2.24) is 10.7 Å². The van der Waals surface area contributed by atoms with Gasteiger partial charge in [-0.1, -0.05) is 24.3 Å². The third kappa shape index (κ3) is 9.36. The molecule has 0 heterocycles. The minimum Gasteiger partial charge on any atom is -0.497 e. The minimum absolute atomic E-state index is 0.129. The number of carbonyl (C=O) groups is 3. The molecule has 0 aliphatic heterocycles. The second-order valence-electron chi connectivity index (χ2n) is 8.37. The molecule has 3 aromatic carbocycles. The number of benzene rings is 3. The number of rotatable bonds is 11. The van der Waals surface area contributed by atoms with Gasteiger partial charge < -0.3 is 24.8 Å². The van der Waals surface area contributed by atoms with Gasteiger partial charge >= 0.3 is 18.0 Å². The fourth-order valence-corrected chi connectivity index (χ4v) is 4.23. The first-order valence-corrected chi connectivity index (χ1v) is 13.4. The zero-order valence-electron chi connectivity index (χ0n) is 22.4. The number of alkyl halides is 3. The number of carbonyl (C=O) groups excluding carboxylic acids is 3. The molecule has 0 atom stereocenters. The third-order valence-corrected chi connectivity index (χ3v) is 6.19. The van der Waals surface area contributed by atoms with E-state index in [0.29, 0.717) is 14.9 Å². The lowest BCUT2D eigenvalue weighted by Gasteiger charge is -2.16. The highest BCUT2D eigenvalue weighted by Crippen LogP contribution is 2.35. The van der Waals surface area contributed by atoms with Gasteiger partial charge in [-0.3, -0.25) is 14.4 Å². The van der Waals surface area contributed by atoms with Crippen molar-refractivity contribution < 1.29 is 41.8 Å². The Balaban J connectivity index is 1.59. The Labute approximate surface area is 252 Å². The molecule has 3 N–H and O–H groups in total. The Bertz CT molecular complexity index is 1450. The van der Waals surface area contributed by atoms with Crippen LogP contribution in [0.5, 0.6) is 17.2 Å². The van der Waals surface area contributed by atoms with Crippen LogP contribution >= 0.6 is 22.6 Å². The summed E-state index contributed by atoms with van der Waals surface area (Å²) in [5.41, 5.74) is 2.01. The standard InChI is InChI=1S/C28H26F3IN4O6/c1-3-41-23-13-18(15-34-36-27(39)26(38)33-14-17-8-10-19(40-2)11-9-17)12-21(32)25(23)42-16-24(37)35-22-7-5-4-6-20(22)28(29,30)31/h4-13,15H,3,14,16H2,1-2H3,(H,33,38)(H,35,37)(H,36,39)/b34-15-. The molecule has 14 heteroatoms. The highest BCUT2D eigenvalue weighted by molar-refractivity contribution is 14.1. The van der Waals surface area contributed by atoms with E-state index in [1.54, 1.807) is 37.3 Å². The number of nitrogens with one attached hydrogen (secondary N) is 3. The zero-order chi connectivity index (χ0) is 30.7. The summed E-state index contributed by atoms with van der Waals surface area (Å²) < 4.78 is 56.4. The van der Waals surface area contributed by atoms with E-state index >= 15 is 0 Å². The summed E-state index contributed by atoms with van der Waals surface area (Å²) in [5.74, 6) is -1.57. The van der Waals surface area contributed by atoms with Crippen LogP contribution in [0.15, 0.2) is 65.8 Å². The molecule has 222 valence electrons. The summed E-state index contributed by atoms with van der Waals surface area (Å²) in [6.45, 7) is 1.51. The van der Waals surface area contributed by atoms with Crippen molar-refractivity contribution in [2.75, 3.05) is 25.6 Å². The lowest BCUT2D eigenvalue weighted by atomic mass is 10.1. The van der Waals surface area contributed by atoms with Crippen LogP contribution < -0.4 is 30.3 Å². The summed E-state index contributed by atoms with van der Waals surface area (Å²) in [4.78, 5) is 36.6. The molecular formula is C28H26F3IN4O6. The van der Waals surface area contributed by atoms with Gasteiger partial charge in [0, 0.05) is 6.54 Å². The molecule has 0 fully saturated rings. The number of hydrogen-bond donors (Lipinski definition) is 3. The van der Waals surface area contributed by atoms with Crippen LogP contribution in [0.1, 0.15) is 23.6 Å². The highest BCUT2D eigenvalue weighted by Gasteiger charge is 2.33. The summed E-state index contributed by atoms with van der Waals surface area (Å²) in [7, 11) is 1.54. The summed E-state index contributed by atoms with van der Waals surface area (Å²) in [6.07, 6.45) is -3.36. The van der Waals surface area contributed by atoms with E-state index in [9.17, 15) is 27.6 Å². The molecule has 0 saturated heterocycles. The van der Waals surface area contributed by atoms with Gasteiger partial charge in [0.05, 0.1) is 34.8 Å². The van der Waals surface area contributed by atoms with E-state index in [0.717, 1.165) is 17.7 Å². The Hall–Kier alpha value is -4.34. The first kappa shape index (κ1) is 32.2. The molecule has 0 aromatic heterocycles. The predicted molar refractivity (Wildman–Crippen MR) is 156 cm³/mol. The number of para-hydroxylation sites is 1. The maximum absolute atomic E-state index is 13.2. The average molecular weight is 698 g/mol. The molecule has 0 aliphatic carbocycles. The monoisotopic (exact) mass is 698 g/mol. The lowest BCUT2D eigenvalue weighted by molar-refractivity contribution is -0.139. The van der Waals surface area contributed by atoms with E-state index < -0.39 is 36.1 Å². The zero-order valence-corrected chi connectivity index (χ0v) is 24.5. The van der Waals surface area contributed by atoms with Crippen molar-refractivity contribution in [3.8, 4) is 17.2 Å². The Morgan fingerprint density at radius 3 is 2.38 bits per heavy atom. The van der Waals surface area contributed by atoms with E-state index in [-0.39, 0.29) is 30.3 Å². The Morgan fingerprint density at radius 1 is 1.00 bits per heavy atom. The van der Waals surface area contributed by atoms with Crippen LogP contribution in [0.25, 0.3) is 0 Å². The fourth-order valence-electron chi connectivity index (χ4n) is 3.45. The number of ether oxygens (including phenoxy) is 3. The minimum atomic E-state index is -4.64. The van der Waals surface area contributed by atoms with Crippen molar-refractivity contribution in [2.45, 2.75) is 19.6 Å². The number of methoxy groups -OCH3 is 1. The first-order valence-electron chi connectivity index (χ1n) is 12.3. The second kappa shape index (κ2) is 15.0. The van der Waals surface area contributed by atoms with Gasteiger partial charge in [0.15, 0.2) is 18.1 Å². The average Bonchev–Trinajstić information content (AvgIpc) is 2.95. The van der Waals surface area contributed by atoms with Gasteiger partial charge in [-0.25, -0.2) is 5.43 Å². The number of amides is 3. The number of halogens is 4. The van der Waals surface area contributed by atoms with Crippen LogP contribution in [0.4, 0.5) is 18.9 Å². The molecule has 3 amide bonds.